The van der Waals surface area contributed by atoms with E-state index in [9.17, 15) is 19.5 Å². The average molecular weight is 301 g/mol. The van der Waals surface area contributed by atoms with Crippen molar-refractivity contribution in [1.82, 2.24) is 0 Å². The number of carbonyl (C=O) groups excluding carboxylic acids is 2. The van der Waals surface area contributed by atoms with E-state index < -0.39 is 17.8 Å². The first-order valence-corrected chi connectivity index (χ1v) is 7.09. The fraction of sp³-hybridized carbons (Fsp3) is 0.133. The van der Waals surface area contributed by atoms with Crippen LogP contribution in [0.1, 0.15) is 31.2 Å². The van der Waals surface area contributed by atoms with Crippen LogP contribution in [0.3, 0.4) is 0 Å². The van der Waals surface area contributed by atoms with E-state index in [1.54, 1.807) is 31.2 Å². The molecule has 0 radical (unpaired) electrons. The monoisotopic (exact) mass is 301 g/mol. The molecule has 1 aromatic carbocycles. The van der Waals surface area contributed by atoms with Crippen LogP contribution in [-0.2, 0) is 11.2 Å². The lowest BCUT2D eigenvalue weighted by atomic mass is 9.98. The maximum atomic E-state index is 12.5. The summed E-state index contributed by atoms with van der Waals surface area (Å²) in [5.74, 6) is -2.01. The van der Waals surface area contributed by atoms with Crippen molar-refractivity contribution in [2.75, 3.05) is 4.90 Å². The van der Waals surface area contributed by atoms with Crippen LogP contribution in [-0.4, -0.2) is 22.9 Å². The molecule has 0 saturated heterocycles. The summed E-state index contributed by atoms with van der Waals surface area (Å²) in [6.07, 6.45) is 0.0952. The topological polar surface area (TPSA) is 74.7 Å². The molecule has 0 aliphatic carbocycles. The number of benzene rings is 1. The Bertz CT molecular complexity index is 778. The molecule has 2 aromatic rings. The van der Waals surface area contributed by atoms with Crippen LogP contribution in [0.2, 0.25) is 0 Å². The predicted molar refractivity (Wildman–Crippen MR) is 78.0 cm³/mol. The third-order valence-electron chi connectivity index (χ3n) is 3.31. The van der Waals surface area contributed by atoms with Gasteiger partial charge in [-0.2, -0.15) is 0 Å². The van der Waals surface area contributed by atoms with Gasteiger partial charge in [0.2, 0.25) is 5.91 Å². The minimum atomic E-state index is -1.14. The number of rotatable bonds is 2. The molecular formula is C15H11NO4S. The Balaban J connectivity index is 2.14. The van der Waals surface area contributed by atoms with E-state index in [1.807, 2.05) is 0 Å². The van der Waals surface area contributed by atoms with Gasteiger partial charge in [0.05, 0.1) is 12.0 Å². The second-order valence-electron chi connectivity index (χ2n) is 4.75. The van der Waals surface area contributed by atoms with Gasteiger partial charge in [-0.1, -0.05) is 18.2 Å². The molecule has 2 heterocycles. The highest BCUT2D eigenvalue weighted by atomic mass is 32.1. The van der Waals surface area contributed by atoms with Gasteiger partial charge in [-0.3, -0.25) is 9.59 Å². The SMILES string of the molecule is Cc1cc(C(=O)O)c(N2C(=O)Cc3ccccc3C2=O)s1. The van der Waals surface area contributed by atoms with Crippen LogP contribution in [0, 0.1) is 6.92 Å². The number of thiophene rings is 1. The molecule has 3 rings (SSSR count). The van der Waals surface area contributed by atoms with Crippen molar-refractivity contribution in [2.24, 2.45) is 0 Å². The lowest BCUT2D eigenvalue weighted by Gasteiger charge is -2.26. The number of carbonyl (C=O) groups is 3. The number of aromatic carboxylic acids is 1. The van der Waals surface area contributed by atoms with E-state index in [1.165, 1.54) is 6.07 Å². The van der Waals surface area contributed by atoms with Crippen molar-refractivity contribution in [3.05, 3.63) is 51.9 Å². The number of aryl methyl sites for hydroxylation is 1. The van der Waals surface area contributed by atoms with Gasteiger partial charge < -0.3 is 5.11 Å². The van der Waals surface area contributed by atoms with E-state index >= 15 is 0 Å². The van der Waals surface area contributed by atoms with Crippen molar-refractivity contribution in [1.29, 1.82) is 0 Å². The normalized spacial score (nSPS) is 14.2. The van der Waals surface area contributed by atoms with Crippen molar-refractivity contribution in [3.8, 4) is 0 Å². The van der Waals surface area contributed by atoms with Gasteiger partial charge in [0.1, 0.15) is 5.00 Å². The van der Waals surface area contributed by atoms with E-state index in [0.29, 0.717) is 11.1 Å². The molecule has 0 fully saturated rings. The standard InChI is InChI=1S/C15H11NO4S/c1-8-6-11(15(19)20)14(21-8)16-12(17)7-9-4-2-3-5-10(9)13(16)18/h2-6H,7H2,1H3,(H,19,20). The first kappa shape index (κ1) is 13.5. The zero-order valence-corrected chi connectivity index (χ0v) is 11.9. The smallest absolute Gasteiger partial charge is 0.338 e. The van der Waals surface area contributed by atoms with Gasteiger partial charge in [0.25, 0.3) is 5.91 Å². The number of nitrogens with zero attached hydrogens (tertiary/aromatic N) is 1. The van der Waals surface area contributed by atoms with Gasteiger partial charge in [0.15, 0.2) is 0 Å². The molecule has 1 aromatic heterocycles. The molecule has 5 nitrogen and oxygen atoms in total. The number of anilines is 1. The van der Waals surface area contributed by atoms with E-state index in [0.717, 1.165) is 21.1 Å². The summed E-state index contributed by atoms with van der Waals surface area (Å²) in [5, 5.41) is 9.42. The summed E-state index contributed by atoms with van der Waals surface area (Å²) >= 11 is 1.13. The molecule has 106 valence electrons. The van der Waals surface area contributed by atoms with E-state index in [-0.39, 0.29) is 17.0 Å². The van der Waals surface area contributed by atoms with Crippen LogP contribution >= 0.6 is 11.3 Å². The lowest BCUT2D eigenvalue weighted by molar-refractivity contribution is -0.117. The predicted octanol–water partition coefficient (Wildman–Crippen LogP) is 2.48. The summed E-state index contributed by atoms with van der Waals surface area (Å²) in [6, 6.07) is 8.36. The van der Waals surface area contributed by atoms with E-state index in [2.05, 4.69) is 0 Å². The zero-order valence-electron chi connectivity index (χ0n) is 11.1. The Morgan fingerprint density at radius 3 is 2.71 bits per heavy atom. The number of imide groups is 1. The number of hydrogen-bond donors (Lipinski definition) is 1. The molecule has 0 atom stereocenters. The first-order valence-electron chi connectivity index (χ1n) is 6.28. The van der Waals surface area contributed by atoms with E-state index in [4.69, 9.17) is 0 Å². The fourth-order valence-electron chi connectivity index (χ4n) is 2.39. The fourth-order valence-corrected chi connectivity index (χ4v) is 3.40. The summed E-state index contributed by atoms with van der Waals surface area (Å²) in [5.41, 5.74) is 1.10. The summed E-state index contributed by atoms with van der Waals surface area (Å²) < 4.78 is 0. The van der Waals surface area contributed by atoms with Crippen LogP contribution in [0.15, 0.2) is 30.3 Å². The molecule has 1 aliphatic heterocycles. The van der Waals surface area contributed by atoms with Gasteiger partial charge in [-0.05, 0) is 24.6 Å². The van der Waals surface area contributed by atoms with Gasteiger partial charge in [0, 0.05) is 10.4 Å². The molecule has 0 bridgehead atoms. The Labute approximate surface area is 124 Å². The molecule has 1 N–H and O–H groups in total. The summed E-state index contributed by atoms with van der Waals surface area (Å²) in [7, 11) is 0. The van der Waals surface area contributed by atoms with Gasteiger partial charge in [-0.25, -0.2) is 9.69 Å². The third kappa shape index (κ3) is 2.13. The minimum absolute atomic E-state index is 0.0152. The van der Waals surface area contributed by atoms with Crippen LogP contribution in [0.5, 0.6) is 0 Å². The Hall–Kier alpha value is -2.47. The van der Waals surface area contributed by atoms with Gasteiger partial charge >= 0.3 is 5.97 Å². The Morgan fingerprint density at radius 2 is 2.00 bits per heavy atom. The highest BCUT2D eigenvalue weighted by Crippen LogP contribution is 2.35. The maximum absolute atomic E-state index is 12.5. The van der Waals surface area contributed by atoms with Crippen molar-refractivity contribution in [3.63, 3.8) is 0 Å². The first-order chi connectivity index (χ1) is 9.99. The molecule has 0 spiro atoms. The molecule has 1 aliphatic rings. The van der Waals surface area contributed by atoms with Crippen LogP contribution in [0.25, 0.3) is 0 Å². The lowest BCUT2D eigenvalue weighted by Crippen LogP contribution is -2.42. The number of hydrogen-bond acceptors (Lipinski definition) is 4. The third-order valence-corrected chi connectivity index (χ3v) is 4.35. The molecule has 6 heteroatoms. The van der Waals surface area contributed by atoms with Gasteiger partial charge in [-0.15, -0.1) is 11.3 Å². The molecule has 2 amide bonds. The summed E-state index contributed by atoms with van der Waals surface area (Å²) in [6.45, 7) is 1.74. The number of carboxylic acids is 1. The van der Waals surface area contributed by atoms with Crippen molar-refractivity contribution in [2.45, 2.75) is 13.3 Å². The number of carboxylic acid groups (broad SMARTS) is 1. The van der Waals surface area contributed by atoms with Crippen LogP contribution < -0.4 is 4.90 Å². The van der Waals surface area contributed by atoms with Crippen LogP contribution in [0.4, 0.5) is 5.00 Å². The molecule has 0 unspecified atom stereocenters. The number of fused-ring (bicyclic) bond motifs is 1. The second-order valence-corrected chi connectivity index (χ2v) is 5.98. The zero-order chi connectivity index (χ0) is 15.1. The summed E-state index contributed by atoms with van der Waals surface area (Å²) in [4.78, 5) is 37.8. The maximum Gasteiger partial charge on any atom is 0.338 e. The highest BCUT2D eigenvalue weighted by Gasteiger charge is 2.35. The molecular weight excluding hydrogens is 290 g/mol. The average Bonchev–Trinajstić information content (AvgIpc) is 2.81. The molecule has 0 saturated carbocycles. The quantitative estimate of drug-likeness (QED) is 0.865. The molecule has 21 heavy (non-hydrogen) atoms. The minimum Gasteiger partial charge on any atom is -0.478 e. The van der Waals surface area contributed by atoms with Crippen molar-refractivity contribution >= 4 is 34.1 Å². The van der Waals surface area contributed by atoms with Crippen molar-refractivity contribution < 1.29 is 19.5 Å². The largest absolute Gasteiger partial charge is 0.478 e. The number of amides is 2. The Morgan fingerprint density at radius 1 is 1.29 bits per heavy atom. The Kier molecular flexibility index (Phi) is 3.10. The second kappa shape index (κ2) is 4.82. The highest BCUT2D eigenvalue weighted by molar-refractivity contribution is 7.17.